The summed E-state index contributed by atoms with van der Waals surface area (Å²) in [7, 11) is 0. The highest BCUT2D eigenvalue weighted by atomic mass is 15.3. The molecule has 0 aliphatic carbocycles. The lowest BCUT2D eigenvalue weighted by molar-refractivity contribution is 0.132. The first-order valence-corrected chi connectivity index (χ1v) is 7.60. The largest absolute Gasteiger partial charge is 0.383 e. The smallest absolute Gasteiger partial charge is 0.131 e. The summed E-state index contributed by atoms with van der Waals surface area (Å²) in [4.78, 5) is 4.93. The van der Waals surface area contributed by atoms with Gasteiger partial charge in [0.1, 0.15) is 5.82 Å². The van der Waals surface area contributed by atoms with Crippen molar-refractivity contribution in [1.29, 1.82) is 0 Å². The highest BCUT2D eigenvalue weighted by Crippen LogP contribution is 2.19. The van der Waals surface area contributed by atoms with E-state index < -0.39 is 0 Å². The number of benzene rings is 1. The van der Waals surface area contributed by atoms with Crippen LogP contribution in [-0.4, -0.2) is 52.3 Å². The molecule has 5 heteroatoms. The molecule has 0 atom stereocenters. The van der Waals surface area contributed by atoms with Crippen LogP contribution < -0.4 is 5.73 Å². The molecule has 0 saturated carbocycles. The van der Waals surface area contributed by atoms with Crippen molar-refractivity contribution in [1.82, 2.24) is 19.6 Å². The van der Waals surface area contributed by atoms with Gasteiger partial charge >= 0.3 is 0 Å². The summed E-state index contributed by atoms with van der Waals surface area (Å²) in [6.07, 6.45) is 1.90. The Morgan fingerprint density at radius 1 is 1.05 bits per heavy atom. The highest BCUT2D eigenvalue weighted by Gasteiger charge is 2.18. The van der Waals surface area contributed by atoms with Crippen LogP contribution in [0, 0.1) is 0 Å². The molecule has 1 fully saturated rings. The molecule has 0 bridgehead atoms. The maximum absolute atomic E-state index is 6.27. The van der Waals surface area contributed by atoms with Gasteiger partial charge in [0.05, 0.1) is 11.9 Å². The number of nitrogens with two attached hydrogens (primary N) is 1. The molecule has 0 amide bonds. The SMILES string of the molecule is CCN1CCN(Cc2cnn(-c3ccccc3)c2N)CC1. The molecule has 5 nitrogen and oxygen atoms in total. The minimum absolute atomic E-state index is 0.749. The van der Waals surface area contributed by atoms with Crippen LogP contribution in [0.5, 0.6) is 0 Å². The molecule has 1 aromatic carbocycles. The fraction of sp³-hybridized carbons (Fsp3) is 0.438. The maximum Gasteiger partial charge on any atom is 0.131 e. The summed E-state index contributed by atoms with van der Waals surface area (Å²) in [5.41, 5.74) is 8.40. The number of nitrogen functional groups attached to an aromatic ring is 1. The molecule has 1 saturated heterocycles. The normalized spacial score (nSPS) is 17.2. The van der Waals surface area contributed by atoms with Crippen LogP contribution in [0.4, 0.5) is 5.82 Å². The average molecular weight is 285 g/mol. The van der Waals surface area contributed by atoms with Crippen molar-refractivity contribution in [3.63, 3.8) is 0 Å². The first-order valence-electron chi connectivity index (χ1n) is 7.60. The van der Waals surface area contributed by atoms with Crippen molar-refractivity contribution in [3.05, 3.63) is 42.1 Å². The summed E-state index contributed by atoms with van der Waals surface area (Å²) in [5, 5.41) is 4.44. The standard InChI is InChI=1S/C16H23N5/c1-2-19-8-10-20(11-9-19)13-14-12-18-21(16(14)17)15-6-4-3-5-7-15/h3-7,12H,2,8-11,13,17H2,1H3. The fourth-order valence-electron chi connectivity index (χ4n) is 2.79. The van der Waals surface area contributed by atoms with Crippen molar-refractivity contribution in [2.45, 2.75) is 13.5 Å². The molecule has 1 aliphatic heterocycles. The number of hydrogen-bond donors (Lipinski definition) is 1. The lowest BCUT2D eigenvalue weighted by Crippen LogP contribution is -2.45. The Bertz CT molecular complexity index is 570. The van der Waals surface area contributed by atoms with Gasteiger partial charge in [0, 0.05) is 38.3 Å². The van der Waals surface area contributed by atoms with Gasteiger partial charge < -0.3 is 10.6 Å². The van der Waals surface area contributed by atoms with Crippen molar-refractivity contribution >= 4 is 5.82 Å². The van der Waals surface area contributed by atoms with E-state index in [2.05, 4.69) is 21.8 Å². The van der Waals surface area contributed by atoms with E-state index in [4.69, 9.17) is 5.73 Å². The number of hydrogen-bond acceptors (Lipinski definition) is 4. The molecule has 0 radical (unpaired) electrons. The molecule has 1 aliphatic rings. The van der Waals surface area contributed by atoms with Gasteiger partial charge in [0.25, 0.3) is 0 Å². The molecule has 1 aromatic heterocycles. The Morgan fingerprint density at radius 3 is 2.38 bits per heavy atom. The first-order chi connectivity index (χ1) is 10.3. The van der Waals surface area contributed by atoms with Crippen LogP contribution in [0.25, 0.3) is 5.69 Å². The van der Waals surface area contributed by atoms with Gasteiger partial charge in [0.15, 0.2) is 0 Å². The Labute approximate surface area is 126 Å². The summed E-state index contributed by atoms with van der Waals surface area (Å²) >= 11 is 0. The zero-order chi connectivity index (χ0) is 14.7. The average Bonchev–Trinajstić information content (AvgIpc) is 2.90. The fourth-order valence-corrected chi connectivity index (χ4v) is 2.79. The molecule has 3 rings (SSSR count). The third-order valence-corrected chi connectivity index (χ3v) is 4.19. The van der Waals surface area contributed by atoms with Crippen molar-refractivity contribution in [2.75, 3.05) is 38.5 Å². The second-order valence-electron chi connectivity index (χ2n) is 5.51. The van der Waals surface area contributed by atoms with E-state index in [9.17, 15) is 0 Å². The predicted molar refractivity (Wildman–Crippen MR) is 85.4 cm³/mol. The number of anilines is 1. The molecule has 2 heterocycles. The van der Waals surface area contributed by atoms with Crippen LogP contribution >= 0.6 is 0 Å². The van der Waals surface area contributed by atoms with Crippen molar-refractivity contribution < 1.29 is 0 Å². The summed E-state index contributed by atoms with van der Waals surface area (Å²) < 4.78 is 1.82. The zero-order valence-corrected chi connectivity index (χ0v) is 12.6. The molecule has 0 spiro atoms. The van der Waals surface area contributed by atoms with E-state index in [1.165, 1.54) is 0 Å². The Balaban J connectivity index is 1.69. The predicted octanol–water partition coefficient (Wildman–Crippen LogP) is 1.59. The molecule has 0 unspecified atom stereocenters. The van der Waals surface area contributed by atoms with Gasteiger partial charge in [-0.25, -0.2) is 4.68 Å². The van der Waals surface area contributed by atoms with Crippen LogP contribution in [0.3, 0.4) is 0 Å². The van der Waals surface area contributed by atoms with E-state index in [-0.39, 0.29) is 0 Å². The Hall–Kier alpha value is -1.85. The second-order valence-corrected chi connectivity index (χ2v) is 5.51. The Morgan fingerprint density at radius 2 is 1.71 bits per heavy atom. The topological polar surface area (TPSA) is 50.3 Å². The first kappa shape index (κ1) is 14.1. The van der Waals surface area contributed by atoms with Gasteiger partial charge in [-0.15, -0.1) is 0 Å². The lowest BCUT2D eigenvalue weighted by atomic mass is 10.2. The van der Waals surface area contributed by atoms with E-state index >= 15 is 0 Å². The maximum atomic E-state index is 6.27. The minimum atomic E-state index is 0.749. The Kier molecular flexibility index (Phi) is 4.22. The molecule has 2 aromatic rings. The van der Waals surface area contributed by atoms with E-state index in [1.807, 2.05) is 41.2 Å². The quantitative estimate of drug-likeness (QED) is 0.927. The van der Waals surface area contributed by atoms with E-state index in [0.29, 0.717) is 0 Å². The second kappa shape index (κ2) is 6.28. The number of aromatic nitrogens is 2. The molecule has 112 valence electrons. The van der Waals surface area contributed by atoms with Crippen LogP contribution in [-0.2, 0) is 6.54 Å². The monoisotopic (exact) mass is 285 g/mol. The molecular weight excluding hydrogens is 262 g/mol. The van der Waals surface area contributed by atoms with Gasteiger partial charge in [-0.2, -0.15) is 5.10 Å². The summed E-state index contributed by atoms with van der Waals surface area (Å²) in [6, 6.07) is 10.0. The molecule has 2 N–H and O–H groups in total. The summed E-state index contributed by atoms with van der Waals surface area (Å²) in [6.45, 7) is 8.73. The van der Waals surface area contributed by atoms with Gasteiger partial charge in [0.2, 0.25) is 0 Å². The third kappa shape index (κ3) is 3.09. The number of piperazine rings is 1. The highest BCUT2D eigenvalue weighted by molar-refractivity contribution is 5.46. The zero-order valence-electron chi connectivity index (χ0n) is 12.6. The van der Waals surface area contributed by atoms with Crippen LogP contribution in [0.1, 0.15) is 12.5 Å². The van der Waals surface area contributed by atoms with Gasteiger partial charge in [-0.1, -0.05) is 25.1 Å². The summed E-state index contributed by atoms with van der Waals surface area (Å²) in [5.74, 6) is 0.749. The molecule has 21 heavy (non-hydrogen) atoms. The van der Waals surface area contributed by atoms with Crippen molar-refractivity contribution in [2.24, 2.45) is 0 Å². The minimum Gasteiger partial charge on any atom is -0.383 e. The van der Waals surface area contributed by atoms with Crippen molar-refractivity contribution in [3.8, 4) is 5.69 Å². The van der Waals surface area contributed by atoms with Gasteiger partial charge in [-0.05, 0) is 18.7 Å². The lowest BCUT2D eigenvalue weighted by Gasteiger charge is -2.33. The number of para-hydroxylation sites is 1. The van der Waals surface area contributed by atoms with Crippen LogP contribution in [0.15, 0.2) is 36.5 Å². The van der Waals surface area contributed by atoms with Gasteiger partial charge in [-0.3, -0.25) is 4.90 Å². The number of likely N-dealkylation sites (N-methyl/N-ethyl adjacent to an activating group) is 1. The molecular formula is C16H23N5. The number of rotatable bonds is 4. The third-order valence-electron chi connectivity index (χ3n) is 4.19. The van der Waals surface area contributed by atoms with E-state index in [1.54, 1.807) is 0 Å². The number of nitrogens with zero attached hydrogens (tertiary/aromatic N) is 4. The van der Waals surface area contributed by atoms with E-state index in [0.717, 1.165) is 56.3 Å². The van der Waals surface area contributed by atoms with Crippen LogP contribution in [0.2, 0.25) is 0 Å².